The standard InChI is InChI=1S/C95H134N8O37.CH4/c1-56(104)99-82-88(134-65(10)113)85(131-62(7)110)73(52-127-59(4)107)138-92(82)124-49-22-19-30-78(117)97-43-25-45-102(80(119)32-21-24-51-126-94-84(101-58(3)106)90(136-67(12)115)87(133-64(9)112)75(140-94)54-129-61(6)109)47-27-48-103(46-26-44-98-79(118)31-20-23-50-125-93-83(100-57(2)105)89(135-66(11)114)86(132-63(8)111)74(139-93)53-128-60(5)108)91(121)76(137-81(120)42-41-77(116)96-13)55-130-95(68-28-17-16-18-29-68,69-33-37-71(122-14)38-34-69)70-35-39-72(123-15)40-36-70;/h16-18,28-29,33-40,73-76,82-90,92-94H,19-27,30-32,41-55H2,1-15H3,(H,96,116)(H,97,117)(H,98,118)(H,99,104)(H,100,105)(H,101,106);1H4/t73?,74?,75?,76?,82?,83?,84?,85-,86-,87-,88+,89+,90+,92+,93+,94+;/m0./s1. The van der Waals surface area contributed by atoms with Crippen molar-refractivity contribution in [2.24, 2.45) is 0 Å². The summed E-state index contributed by atoms with van der Waals surface area (Å²) in [5.41, 5.74) is 0.0493. The molecule has 3 aromatic carbocycles. The number of unbranched alkanes of at least 4 members (excludes halogenated alkanes) is 3. The van der Waals surface area contributed by atoms with Gasteiger partial charge in [-0.15, -0.1) is 0 Å². The van der Waals surface area contributed by atoms with Gasteiger partial charge in [0, 0.05) is 175 Å². The lowest BCUT2D eigenvalue weighted by molar-refractivity contribution is -0.277. The van der Waals surface area contributed by atoms with Crippen LogP contribution in [-0.2, 0) is 172 Å². The lowest BCUT2D eigenvalue weighted by atomic mass is 9.80. The van der Waals surface area contributed by atoms with E-state index >= 15 is 4.79 Å². The second kappa shape index (κ2) is 61.9. The van der Waals surface area contributed by atoms with Crippen LogP contribution in [0.4, 0.5) is 0 Å². The highest BCUT2D eigenvalue weighted by Crippen LogP contribution is 2.43. The fourth-order valence-corrected chi connectivity index (χ4v) is 15.7. The highest BCUT2D eigenvalue weighted by molar-refractivity contribution is 5.86. The average Bonchev–Trinajstić information content (AvgIpc) is 0.749. The summed E-state index contributed by atoms with van der Waals surface area (Å²) < 4.78 is 110. The maximum atomic E-state index is 16.0. The van der Waals surface area contributed by atoms with Gasteiger partial charge in [-0.2, -0.15) is 0 Å². The zero-order chi connectivity index (χ0) is 103. The van der Waals surface area contributed by atoms with Gasteiger partial charge in [0.2, 0.25) is 47.5 Å². The SMILES string of the molecule is C.CNC(=O)CCC(=O)OC(COC(c1ccccc1)(c1ccc(OC)cc1)c1ccc(OC)cc1)C(=O)N(CCCNC(=O)CCCCO[C@@H]1OC(COC(C)=O)[C@H](OC(C)=O)[C@H](OC(C)=O)C1NC(C)=O)CCCN(CCCNC(=O)CCCCO[C@@H]1OC(COC(C)=O)[C@H](OC(C)=O)[C@H](OC(C)=O)C1NC(C)=O)C(=O)CCCCO[C@@H]1OC(COC(C)=O)[C@H](OC(C)=O)[C@H](OC(C)=O)C1NC(C)=O. The lowest BCUT2D eigenvalue weighted by Gasteiger charge is -2.44. The Morgan fingerprint density at radius 2 is 0.702 bits per heavy atom. The molecule has 141 heavy (non-hydrogen) atoms. The minimum absolute atomic E-state index is 0. The molecule has 784 valence electrons. The average molecular weight is 2000 g/mol. The number of esters is 10. The molecule has 0 aromatic heterocycles. The number of rotatable bonds is 58. The Kier molecular flexibility index (Phi) is 52.2. The minimum Gasteiger partial charge on any atom is -0.497 e. The number of nitrogens with one attached hydrogen (secondary N) is 6. The van der Waals surface area contributed by atoms with Crippen molar-refractivity contribution >= 4 is 107 Å². The maximum Gasteiger partial charge on any atom is 0.307 e. The molecule has 45 heteroatoms. The number of nitrogens with zero attached hydrogens (tertiary/aromatic N) is 2. The van der Waals surface area contributed by atoms with Crippen LogP contribution >= 0.6 is 0 Å². The number of carbonyl (C=O) groups is 18. The van der Waals surface area contributed by atoms with E-state index in [4.69, 9.17) is 90.0 Å². The molecule has 0 spiro atoms. The number of carbonyl (C=O) groups excluding carboxylic acids is 18. The van der Waals surface area contributed by atoms with Crippen molar-refractivity contribution in [2.75, 3.05) is 107 Å². The van der Waals surface area contributed by atoms with Gasteiger partial charge in [0.25, 0.3) is 5.91 Å². The van der Waals surface area contributed by atoms with Crippen LogP contribution < -0.4 is 41.4 Å². The van der Waals surface area contributed by atoms with Crippen molar-refractivity contribution in [3.05, 3.63) is 95.6 Å². The van der Waals surface area contributed by atoms with Crippen molar-refractivity contribution in [3.63, 3.8) is 0 Å². The normalized spacial score (nSPS) is 20.9. The van der Waals surface area contributed by atoms with Gasteiger partial charge in [-0.25, -0.2) is 0 Å². The van der Waals surface area contributed by atoms with E-state index in [1.807, 2.05) is 12.1 Å². The van der Waals surface area contributed by atoms with E-state index in [-0.39, 0.29) is 150 Å². The molecule has 8 amide bonds. The number of ether oxygens (including phenoxy) is 19. The predicted octanol–water partition coefficient (Wildman–Crippen LogP) is 3.68. The molecular formula is C96H138N8O37. The van der Waals surface area contributed by atoms with Crippen molar-refractivity contribution in [1.29, 1.82) is 0 Å². The molecule has 45 nitrogen and oxygen atoms in total. The summed E-state index contributed by atoms with van der Waals surface area (Å²) in [6, 6.07) is 19.3. The highest BCUT2D eigenvalue weighted by atomic mass is 16.7. The summed E-state index contributed by atoms with van der Waals surface area (Å²) in [5, 5.41) is 16.2. The Bertz CT molecular complexity index is 4540. The number of hydrogen-bond acceptors (Lipinski definition) is 37. The van der Waals surface area contributed by atoms with Gasteiger partial charge in [-0.3, -0.25) is 86.3 Å². The van der Waals surface area contributed by atoms with E-state index in [0.29, 0.717) is 28.2 Å². The monoisotopic (exact) mass is 1990 g/mol. The summed E-state index contributed by atoms with van der Waals surface area (Å²) in [5.74, 6) is -11.3. The Balaban J connectivity index is 0.0000350. The molecule has 0 aliphatic carbocycles. The van der Waals surface area contributed by atoms with Gasteiger partial charge in [0.1, 0.15) is 73.4 Å². The predicted molar refractivity (Wildman–Crippen MR) is 493 cm³/mol. The Labute approximate surface area is 819 Å². The van der Waals surface area contributed by atoms with Gasteiger partial charge in [0.15, 0.2) is 55.5 Å². The largest absolute Gasteiger partial charge is 0.497 e. The van der Waals surface area contributed by atoms with Gasteiger partial charge in [-0.05, 0) is 98.7 Å². The second-order valence-corrected chi connectivity index (χ2v) is 33.1. The van der Waals surface area contributed by atoms with E-state index in [1.165, 1.54) is 51.8 Å². The molecule has 6 N–H and O–H groups in total. The minimum atomic E-state index is -1.78. The second-order valence-electron chi connectivity index (χ2n) is 33.1. The molecule has 6 rings (SSSR count). The quantitative estimate of drug-likeness (QED) is 0.0203. The molecule has 3 fully saturated rings. The van der Waals surface area contributed by atoms with Crippen LogP contribution in [0.3, 0.4) is 0 Å². The number of hydrogen-bond donors (Lipinski definition) is 6. The lowest BCUT2D eigenvalue weighted by Crippen LogP contribution is -2.66. The van der Waals surface area contributed by atoms with Gasteiger partial charge < -0.3 is 132 Å². The van der Waals surface area contributed by atoms with Crippen molar-refractivity contribution in [2.45, 2.75) is 284 Å². The van der Waals surface area contributed by atoms with Gasteiger partial charge in [0.05, 0.1) is 27.2 Å². The summed E-state index contributed by atoms with van der Waals surface area (Å²) in [4.78, 5) is 237. The maximum absolute atomic E-state index is 16.0. The van der Waals surface area contributed by atoms with Gasteiger partial charge >= 0.3 is 59.7 Å². The topological polar surface area (TPSA) is 561 Å². The molecule has 3 aliphatic rings. The first-order valence-corrected chi connectivity index (χ1v) is 46.2. The van der Waals surface area contributed by atoms with Crippen molar-refractivity contribution in [1.82, 2.24) is 41.7 Å². The van der Waals surface area contributed by atoms with Crippen LogP contribution in [0.2, 0.25) is 0 Å². The third-order valence-electron chi connectivity index (χ3n) is 21.8. The van der Waals surface area contributed by atoms with E-state index < -0.39 is 243 Å². The molecule has 0 saturated carbocycles. The number of benzene rings is 3. The fraction of sp³-hybridized carbons (Fsp3) is 0.625. The summed E-state index contributed by atoms with van der Waals surface area (Å²) in [6.45, 7) is 10.7. The first-order chi connectivity index (χ1) is 66.7. The smallest absolute Gasteiger partial charge is 0.307 e. The zero-order valence-corrected chi connectivity index (χ0v) is 81.8. The van der Waals surface area contributed by atoms with Crippen LogP contribution in [0.5, 0.6) is 11.5 Å². The molecule has 0 radical (unpaired) electrons. The Morgan fingerprint density at radius 1 is 0.369 bits per heavy atom. The third kappa shape index (κ3) is 40.9. The zero-order valence-electron chi connectivity index (χ0n) is 81.8. The van der Waals surface area contributed by atoms with Crippen LogP contribution in [-0.4, -0.2) is 322 Å². The highest BCUT2D eigenvalue weighted by Gasteiger charge is 2.55. The van der Waals surface area contributed by atoms with Crippen molar-refractivity contribution < 1.29 is 176 Å². The Morgan fingerprint density at radius 3 is 1.04 bits per heavy atom. The van der Waals surface area contributed by atoms with E-state index in [9.17, 15) is 81.5 Å². The summed E-state index contributed by atoms with van der Waals surface area (Å²) in [7, 11) is 4.39. The molecule has 3 heterocycles. The summed E-state index contributed by atoms with van der Waals surface area (Å²) >= 11 is 0. The van der Waals surface area contributed by atoms with Gasteiger partial charge in [-0.1, -0.05) is 62.0 Å². The molecule has 3 saturated heterocycles. The molecule has 7 unspecified atom stereocenters. The fourth-order valence-electron chi connectivity index (χ4n) is 15.7. The Hall–Kier alpha value is -12.6. The number of amides is 8. The number of methoxy groups -OCH3 is 2. The molecule has 0 bridgehead atoms. The van der Waals surface area contributed by atoms with E-state index in [2.05, 4.69) is 31.9 Å². The first kappa shape index (κ1) is 119. The van der Waals surface area contributed by atoms with E-state index in [1.54, 1.807) is 66.7 Å². The first-order valence-electron chi connectivity index (χ1n) is 46.2. The van der Waals surface area contributed by atoms with Crippen LogP contribution in [0.25, 0.3) is 0 Å². The van der Waals surface area contributed by atoms with Crippen LogP contribution in [0.1, 0.15) is 197 Å². The van der Waals surface area contributed by atoms with Crippen molar-refractivity contribution in [3.8, 4) is 11.5 Å². The van der Waals surface area contributed by atoms with Crippen LogP contribution in [0.15, 0.2) is 78.9 Å². The molecule has 3 aromatic rings. The van der Waals surface area contributed by atoms with E-state index in [0.717, 1.165) is 62.3 Å². The third-order valence-corrected chi connectivity index (χ3v) is 21.8. The van der Waals surface area contributed by atoms with Crippen LogP contribution in [0, 0.1) is 0 Å². The molecular weight excluding hydrogens is 1860 g/mol. The molecule has 3 aliphatic heterocycles. The summed E-state index contributed by atoms with van der Waals surface area (Å²) in [6.07, 6.45) is -17.7. The molecule has 16 atom stereocenters.